The minimum atomic E-state index is -0.699. The van der Waals surface area contributed by atoms with Crippen molar-refractivity contribution in [2.45, 2.75) is 44.6 Å². The van der Waals surface area contributed by atoms with Crippen molar-refractivity contribution in [3.05, 3.63) is 41.2 Å². The Morgan fingerprint density at radius 2 is 2.12 bits per heavy atom. The van der Waals surface area contributed by atoms with Gasteiger partial charge in [-0.2, -0.15) is 0 Å². The van der Waals surface area contributed by atoms with Crippen LogP contribution in [0.5, 0.6) is 0 Å². The van der Waals surface area contributed by atoms with E-state index in [2.05, 4.69) is 27.6 Å². The molecule has 2 heterocycles. The zero-order valence-corrected chi connectivity index (χ0v) is 13.6. The van der Waals surface area contributed by atoms with E-state index in [0.717, 1.165) is 30.5 Å². The van der Waals surface area contributed by atoms with Crippen molar-refractivity contribution in [2.75, 3.05) is 0 Å². The van der Waals surface area contributed by atoms with Gasteiger partial charge in [0.25, 0.3) is 0 Å². The number of aliphatic hydroxyl groups is 1. The largest absolute Gasteiger partial charge is 0.481 e. The van der Waals surface area contributed by atoms with Crippen molar-refractivity contribution in [1.82, 2.24) is 9.38 Å². The molecule has 0 spiro atoms. The molecule has 1 fully saturated rings. The second-order valence-corrected chi connectivity index (χ2v) is 7.01. The number of nitrogens with zero attached hydrogens (tertiary/aromatic N) is 2. The number of aliphatic hydroxyl groups excluding tert-OH is 1. The molecule has 4 rings (SSSR count). The molecule has 0 aliphatic heterocycles. The molecule has 5 heteroatoms. The Labute approximate surface area is 140 Å². The highest BCUT2D eigenvalue weighted by Crippen LogP contribution is 2.32. The highest BCUT2D eigenvalue weighted by atomic mass is 16.4. The molecule has 2 aliphatic carbocycles. The van der Waals surface area contributed by atoms with Gasteiger partial charge in [0.15, 0.2) is 0 Å². The molecule has 0 aromatic carbocycles. The summed E-state index contributed by atoms with van der Waals surface area (Å²) in [7, 11) is 0. The van der Waals surface area contributed by atoms with E-state index < -0.39 is 12.1 Å². The fourth-order valence-electron chi connectivity index (χ4n) is 4.27. The molecule has 2 N–H and O–H groups in total. The number of carboxylic acid groups (broad SMARTS) is 1. The number of carbonyl (C=O) groups is 1. The Balaban J connectivity index is 1.55. The van der Waals surface area contributed by atoms with Crippen LogP contribution in [0.3, 0.4) is 0 Å². The van der Waals surface area contributed by atoms with Gasteiger partial charge in [0.1, 0.15) is 0 Å². The van der Waals surface area contributed by atoms with E-state index >= 15 is 0 Å². The van der Waals surface area contributed by atoms with Crippen LogP contribution in [0.15, 0.2) is 24.7 Å². The number of hydrogen-bond acceptors (Lipinski definition) is 3. The normalized spacial score (nSPS) is 24.5. The molecule has 126 valence electrons. The fraction of sp³-hybridized carbons (Fsp3) is 0.474. The topological polar surface area (TPSA) is 74.8 Å². The lowest BCUT2D eigenvalue weighted by Crippen LogP contribution is -2.30. The van der Waals surface area contributed by atoms with Gasteiger partial charge < -0.3 is 14.6 Å². The standard InChI is InChI=1S/C19H22N2O3/c22-18(12-5-7-13(8-6-12)19(23)24)9-16-14-3-1-2-4-15(14)17-10-20-11-21(16)17/h1-2,4,10-13,18,22H,3,5-9H2,(H,23,24). The number of fused-ring (bicyclic) bond motifs is 3. The van der Waals surface area contributed by atoms with Crippen LogP contribution in [-0.2, 0) is 17.6 Å². The molecule has 1 saturated carbocycles. The maximum atomic E-state index is 11.1. The quantitative estimate of drug-likeness (QED) is 0.897. The second kappa shape index (κ2) is 6.06. The van der Waals surface area contributed by atoms with Crippen LogP contribution in [0.1, 0.15) is 36.9 Å². The minimum absolute atomic E-state index is 0.188. The maximum Gasteiger partial charge on any atom is 0.306 e. The maximum absolute atomic E-state index is 11.1. The van der Waals surface area contributed by atoms with E-state index in [1.165, 1.54) is 10.8 Å². The number of imidazole rings is 1. The average Bonchev–Trinajstić information content (AvgIpc) is 3.18. The lowest BCUT2D eigenvalue weighted by Gasteiger charge is -2.29. The van der Waals surface area contributed by atoms with Gasteiger partial charge in [-0.25, -0.2) is 4.98 Å². The number of hydrogen-bond donors (Lipinski definition) is 2. The number of allylic oxidation sites excluding steroid dienone is 2. The summed E-state index contributed by atoms with van der Waals surface area (Å²) in [4.78, 5) is 15.3. The van der Waals surface area contributed by atoms with E-state index in [1.807, 2.05) is 12.5 Å². The highest BCUT2D eigenvalue weighted by molar-refractivity contribution is 5.70. The molecule has 1 atom stereocenters. The minimum Gasteiger partial charge on any atom is -0.481 e. The first-order valence-electron chi connectivity index (χ1n) is 8.68. The number of aromatic nitrogens is 2. The van der Waals surface area contributed by atoms with Crippen LogP contribution in [0.25, 0.3) is 11.6 Å². The van der Waals surface area contributed by atoms with Gasteiger partial charge in [-0.15, -0.1) is 0 Å². The molecule has 5 nitrogen and oxygen atoms in total. The van der Waals surface area contributed by atoms with Crippen molar-refractivity contribution in [3.8, 4) is 0 Å². The highest BCUT2D eigenvalue weighted by Gasteiger charge is 2.30. The van der Waals surface area contributed by atoms with Crippen molar-refractivity contribution in [2.24, 2.45) is 11.8 Å². The van der Waals surface area contributed by atoms with E-state index in [9.17, 15) is 9.90 Å². The summed E-state index contributed by atoms with van der Waals surface area (Å²) < 4.78 is 2.10. The smallest absolute Gasteiger partial charge is 0.306 e. The van der Waals surface area contributed by atoms with Gasteiger partial charge in [-0.05, 0) is 43.6 Å². The summed E-state index contributed by atoms with van der Waals surface area (Å²) in [6.07, 6.45) is 14.0. The Morgan fingerprint density at radius 1 is 1.33 bits per heavy atom. The SMILES string of the molecule is O=C(O)C1CCC(C(O)Cc2c3c(c4cncn24)=CC=CC3)CC1. The number of rotatable bonds is 4. The van der Waals surface area contributed by atoms with Crippen LogP contribution in [0.4, 0.5) is 0 Å². The molecule has 2 aromatic heterocycles. The summed E-state index contributed by atoms with van der Waals surface area (Å²) in [6.45, 7) is 0. The lowest BCUT2D eigenvalue weighted by atomic mass is 9.78. The first kappa shape index (κ1) is 15.4. The van der Waals surface area contributed by atoms with Crippen molar-refractivity contribution in [1.29, 1.82) is 0 Å². The second-order valence-electron chi connectivity index (χ2n) is 7.01. The fourth-order valence-corrected chi connectivity index (χ4v) is 4.27. The molecular weight excluding hydrogens is 304 g/mol. The molecule has 0 radical (unpaired) electrons. The van der Waals surface area contributed by atoms with Gasteiger partial charge in [0, 0.05) is 17.3 Å². The zero-order valence-electron chi connectivity index (χ0n) is 13.6. The lowest BCUT2D eigenvalue weighted by molar-refractivity contribution is -0.143. The van der Waals surface area contributed by atoms with Crippen LogP contribution >= 0.6 is 0 Å². The van der Waals surface area contributed by atoms with E-state index in [1.54, 1.807) is 0 Å². The van der Waals surface area contributed by atoms with Gasteiger partial charge in [-0.3, -0.25) is 4.79 Å². The van der Waals surface area contributed by atoms with Gasteiger partial charge in [0.05, 0.1) is 30.1 Å². The van der Waals surface area contributed by atoms with Crippen LogP contribution in [-0.4, -0.2) is 31.7 Å². The molecule has 0 saturated heterocycles. The summed E-state index contributed by atoms with van der Waals surface area (Å²) in [5, 5.41) is 21.1. The van der Waals surface area contributed by atoms with E-state index in [4.69, 9.17) is 5.11 Å². The summed E-state index contributed by atoms with van der Waals surface area (Å²) in [5.74, 6) is -0.747. The van der Waals surface area contributed by atoms with Gasteiger partial charge in [-0.1, -0.05) is 18.2 Å². The first-order chi connectivity index (χ1) is 11.6. The Hall–Kier alpha value is -2.14. The molecule has 24 heavy (non-hydrogen) atoms. The van der Waals surface area contributed by atoms with Gasteiger partial charge in [0.2, 0.25) is 0 Å². The van der Waals surface area contributed by atoms with Crippen molar-refractivity contribution >= 4 is 17.6 Å². The van der Waals surface area contributed by atoms with Crippen LogP contribution in [0, 0.1) is 11.8 Å². The third kappa shape index (κ3) is 2.53. The predicted octanol–water partition coefficient (Wildman–Crippen LogP) is 1.74. The van der Waals surface area contributed by atoms with Crippen LogP contribution < -0.4 is 5.22 Å². The average molecular weight is 326 g/mol. The zero-order chi connectivity index (χ0) is 16.7. The molecule has 0 amide bonds. The van der Waals surface area contributed by atoms with E-state index in [0.29, 0.717) is 19.3 Å². The molecule has 2 aliphatic rings. The van der Waals surface area contributed by atoms with Crippen LogP contribution in [0.2, 0.25) is 0 Å². The molecule has 2 aromatic rings. The first-order valence-corrected chi connectivity index (χ1v) is 8.68. The molecule has 0 bridgehead atoms. The van der Waals surface area contributed by atoms with Crippen molar-refractivity contribution < 1.29 is 15.0 Å². The monoisotopic (exact) mass is 326 g/mol. The Kier molecular flexibility index (Phi) is 3.88. The van der Waals surface area contributed by atoms with Crippen molar-refractivity contribution in [3.63, 3.8) is 0 Å². The summed E-state index contributed by atoms with van der Waals surface area (Å²) in [6, 6.07) is 0. The third-order valence-corrected chi connectivity index (χ3v) is 5.67. The van der Waals surface area contributed by atoms with Gasteiger partial charge >= 0.3 is 5.97 Å². The number of carboxylic acids is 1. The Morgan fingerprint density at radius 3 is 2.88 bits per heavy atom. The summed E-state index contributed by atoms with van der Waals surface area (Å²) >= 11 is 0. The van der Waals surface area contributed by atoms with E-state index in [-0.39, 0.29) is 11.8 Å². The Bertz CT molecular complexity index is 844. The summed E-state index contributed by atoms with van der Waals surface area (Å²) in [5.41, 5.74) is 3.53. The molecular formula is C19H22N2O3. The number of aliphatic carboxylic acids is 1. The third-order valence-electron chi connectivity index (χ3n) is 5.67. The molecule has 1 unspecified atom stereocenters. The predicted molar refractivity (Wildman–Crippen MR) is 90.5 cm³/mol.